The predicted octanol–water partition coefficient (Wildman–Crippen LogP) is 3.11. The van der Waals surface area contributed by atoms with Gasteiger partial charge in [-0.15, -0.1) is 0 Å². The molecule has 0 radical (unpaired) electrons. The Morgan fingerprint density at radius 1 is 1.44 bits per heavy atom. The van der Waals surface area contributed by atoms with Crippen molar-refractivity contribution in [1.82, 2.24) is 0 Å². The van der Waals surface area contributed by atoms with Crippen molar-refractivity contribution in [2.24, 2.45) is 0 Å². The molecule has 1 rings (SSSR count). The standard InChI is InChI=1S/C9H5ClF3NO4/c10-6-3-5(1-2-7(6)14(16)17)18-8(15)4-9(11,12)13/h1-3H,4H2. The lowest BCUT2D eigenvalue weighted by molar-refractivity contribution is -0.384. The van der Waals surface area contributed by atoms with Crippen LogP contribution < -0.4 is 4.74 Å². The van der Waals surface area contributed by atoms with E-state index < -0.39 is 29.2 Å². The lowest BCUT2D eigenvalue weighted by atomic mass is 10.3. The minimum Gasteiger partial charge on any atom is -0.426 e. The Kier molecular flexibility index (Phi) is 4.12. The number of halogens is 4. The van der Waals surface area contributed by atoms with Crippen LogP contribution in [0.2, 0.25) is 5.02 Å². The third-order valence-corrected chi connectivity index (χ3v) is 2.00. The van der Waals surface area contributed by atoms with Crippen LogP contribution in [0.25, 0.3) is 0 Å². The van der Waals surface area contributed by atoms with E-state index in [9.17, 15) is 28.1 Å². The second-order valence-corrected chi connectivity index (χ2v) is 3.54. The summed E-state index contributed by atoms with van der Waals surface area (Å²) in [4.78, 5) is 20.5. The molecule has 9 heteroatoms. The van der Waals surface area contributed by atoms with Crippen LogP contribution in [0.5, 0.6) is 5.75 Å². The van der Waals surface area contributed by atoms with Crippen molar-refractivity contribution < 1.29 is 27.6 Å². The number of ether oxygens (including phenoxy) is 1. The van der Waals surface area contributed by atoms with Gasteiger partial charge in [0.1, 0.15) is 17.2 Å². The van der Waals surface area contributed by atoms with Crippen molar-refractivity contribution in [3.05, 3.63) is 33.3 Å². The van der Waals surface area contributed by atoms with E-state index in [-0.39, 0.29) is 10.8 Å². The summed E-state index contributed by atoms with van der Waals surface area (Å²) in [5.41, 5.74) is -0.438. The maximum Gasteiger partial charge on any atom is 0.399 e. The summed E-state index contributed by atoms with van der Waals surface area (Å²) in [6.07, 6.45) is -6.43. The van der Waals surface area contributed by atoms with Gasteiger partial charge in [-0.1, -0.05) is 11.6 Å². The number of carbonyl (C=O) groups excluding carboxylic acids is 1. The second kappa shape index (κ2) is 5.21. The minimum absolute atomic E-state index is 0.292. The number of benzene rings is 1. The first-order chi connectivity index (χ1) is 8.19. The largest absolute Gasteiger partial charge is 0.426 e. The average molecular weight is 284 g/mol. The maximum absolute atomic E-state index is 11.8. The Morgan fingerprint density at radius 3 is 2.50 bits per heavy atom. The molecule has 5 nitrogen and oxygen atoms in total. The molecule has 0 saturated carbocycles. The molecule has 0 N–H and O–H groups in total. The molecule has 0 unspecified atom stereocenters. The van der Waals surface area contributed by atoms with Crippen molar-refractivity contribution in [3.8, 4) is 5.75 Å². The van der Waals surface area contributed by atoms with E-state index in [1.54, 1.807) is 0 Å². The lowest BCUT2D eigenvalue weighted by Gasteiger charge is -2.07. The molecule has 0 bridgehead atoms. The quantitative estimate of drug-likeness (QED) is 0.370. The van der Waals surface area contributed by atoms with Gasteiger partial charge < -0.3 is 4.74 Å². The molecule has 1 aromatic rings. The molecule has 0 aliphatic rings. The third-order valence-electron chi connectivity index (χ3n) is 1.69. The average Bonchev–Trinajstić information content (AvgIpc) is 2.13. The highest BCUT2D eigenvalue weighted by Crippen LogP contribution is 2.29. The number of nitrogens with zero attached hydrogens (tertiary/aromatic N) is 1. The Balaban J connectivity index is 2.78. The number of hydrogen-bond donors (Lipinski definition) is 0. The van der Waals surface area contributed by atoms with Gasteiger partial charge in [-0.3, -0.25) is 14.9 Å². The number of alkyl halides is 3. The summed E-state index contributed by atoms with van der Waals surface area (Å²) in [5, 5.41) is 10.1. The summed E-state index contributed by atoms with van der Waals surface area (Å²) in [7, 11) is 0. The number of carbonyl (C=O) groups is 1. The number of hydrogen-bond acceptors (Lipinski definition) is 4. The molecule has 0 aliphatic heterocycles. The highest BCUT2D eigenvalue weighted by Gasteiger charge is 2.32. The zero-order chi connectivity index (χ0) is 13.9. The van der Waals surface area contributed by atoms with Crippen molar-refractivity contribution >= 4 is 23.3 Å². The number of nitro groups is 1. The topological polar surface area (TPSA) is 69.4 Å². The van der Waals surface area contributed by atoms with Crippen LogP contribution in [0.1, 0.15) is 6.42 Å². The molecule has 98 valence electrons. The summed E-state index contributed by atoms with van der Waals surface area (Å²) in [6.45, 7) is 0. The fourth-order valence-corrected chi connectivity index (χ4v) is 1.27. The van der Waals surface area contributed by atoms with Crippen molar-refractivity contribution in [2.75, 3.05) is 0 Å². The first-order valence-corrected chi connectivity index (χ1v) is 4.78. The lowest BCUT2D eigenvalue weighted by Crippen LogP contribution is -2.19. The van der Waals surface area contributed by atoms with Crippen LogP contribution in [0.15, 0.2) is 18.2 Å². The highest BCUT2D eigenvalue weighted by atomic mass is 35.5. The van der Waals surface area contributed by atoms with Gasteiger partial charge >= 0.3 is 12.1 Å². The van der Waals surface area contributed by atoms with Crippen molar-refractivity contribution in [2.45, 2.75) is 12.6 Å². The Morgan fingerprint density at radius 2 is 2.06 bits per heavy atom. The first kappa shape index (κ1) is 14.2. The Hall–Kier alpha value is -1.83. The molecule has 0 fully saturated rings. The number of rotatable bonds is 3. The maximum atomic E-state index is 11.8. The molecular formula is C9H5ClF3NO4. The summed E-state index contributed by atoms with van der Waals surface area (Å²) < 4.78 is 39.9. The molecule has 0 aromatic heterocycles. The van der Waals surface area contributed by atoms with E-state index in [1.165, 1.54) is 0 Å². The van der Waals surface area contributed by atoms with Crippen LogP contribution in [-0.2, 0) is 4.79 Å². The Labute approximate surface area is 103 Å². The van der Waals surface area contributed by atoms with Gasteiger partial charge in [-0.05, 0) is 6.07 Å². The summed E-state index contributed by atoms with van der Waals surface area (Å²) >= 11 is 5.49. The summed E-state index contributed by atoms with van der Waals surface area (Å²) in [6, 6.07) is 2.81. The molecule has 0 atom stereocenters. The van der Waals surface area contributed by atoms with Gasteiger partial charge in [-0.25, -0.2) is 0 Å². The molecule has 0 saturated heterocycles. The minimum atomic E-state index is -4.68. The van der Waals surface area contributed by atoms with Gasteiger partial charge in [0.15, 0.2) is 0 Å². The van der Waals surface area contributed by atoms with E-state index in [2.05, 4.69) is 4.74 Å². The SMILES string of the molecule is O=C(CC(F)(F)F)Oc1ccc([N+](=O)[O-])c(Cl)c1. The van der Waals surface area contributed by atoms with Crippen molar-refractivity contribution in [1.29, 1.82) is 0 Å². The molecule has 0 amide bonds. The van der Waals surface area contributed by atoms with E-state index >= 15 is 0 Å². The molecule has 0 spiro atoms. The monoisotopic (exact) mass is 283 g/mol. The predicted molar refractivity (Wildman–Crippen MR) is 54.4 cm³/mol. The zero-order valence-electron chi connectivity index (χ0n) is 8.53. The number of nitro benzene ring substituents is 1. The summed E-state index contributed by atoms with van der Waals surface area (Å²) in [5.74, 6) is -1.81. The molecule has 18 heavy (non-hydrogen) atoms. The fourth-order valence-electron chi connectivity index (χ4n) is 1.03. The fraction of sp³-hybridized carbons (Fsp3) is 0.222. The molecular weight excluding hydrogens is 279 g/mol. The molecule has 1 aromatic carbocycles. The Bertz CT molecular complexity index is 489. The van der Waals surface area contributed by atoms with Crippen molar-refractivity contribution in [3.63, 3.8) is 0 Å². The van der Waals surface area contributed by atoms with Gasteiger partial charge in [0.05, 0.1) is 4.92 Å². The van der Waals surface area contributed by atoms with E-state index in [0.717, 1.165) is 18.2 Å². The first-order valence-electron chi connectivity index (χ1n) is 4.40. The van der Waals surface area contributed by atoms with Crippen LogP contribution in [0.4, 0.5) is 18.9 Å². The van der Waals surface area contributed by atoms with Gasteiger partial charge in [0.2, 0.25) is 0 Å². The van der Waals surface area contributed by atoms with Crippen LogP contribution >= 0.6 is 11.6 Å². The normalized spacial score (nSPS) is 11.1. The van der Waals surface area contributed by atoms with Gasteiger partial charge in [-0.2, -0.15) is 13.2 Å². The van der Waals surface area contributed by atoms with E-state index in [1.807, 2.05) is 0 Å². The zero-order valence-corrected chi connectivity index (χ0v) is 9.29. The van der Waals surface area contributed by atoms with Gasteiger partial charge in [0.25, 0.3) is 5.69 Å². The van der Waals surface area contributed by atoms with E-state index in [4.69, 9.17) is 11.6 Å². The van der Waals surface area contributed by atoms with E-state index in [0.29, 0.717) is 0 Å². The molecule has 0 aliphatic carbocycles. The molecule has 0 heterocycles. The van der Waals surface area contributed by atoms with Crippen LogP contribution in [0, 0.1) is 10.1 Å². The second-order valence-electron chi connectivity index (χ2n) is 3.14. The van der Waals surface area contributed by atoms with Crippen LogP contribution in [0.3, 0.4) is 0 Å². The highest BCUT2D eigenvalue weighted by molar-refractivity contribution is 6.32. The van der Waals surface area contributed by atoms with Gasteiger partial charge in [0, 0.05) is 12.1 Å². The third kappa shape index (κ3) is 4.21. The van der Waals surface area contributed by atoms with Crippen LogP contribution in [-0.4, -0.2) is 17.1 Å². The smallest absolute Gasteiger partial charge is 0.399 e. The number of esters is 1.